The standard InChI is InChI=1S/C10H19P/c1-10(2,3)8-11-9-6-4-5-7-9/h8-9H,4-7H2,1-3H3. The van der Waals surface area contributed by atoms with Crippen LogP contribution in [0.3, 0.4) is 0 Å². The molecule has 0 amide bonds. The fourth-order valence-electron chi connectivity index (χ4n) is 1.38. The van der Waals surface area contributed by atoms with Crippen LogP contribution in [0.1, 0.15) is 46.5 Å². The normalized spacial score (nSPS) is 21.7. The van der Waals surface area contributed by atoms with Crippen molar-refractivity contribution in [3.05, 3.63) is 0 Å². The maximum absolute atomic E-state index is 2.46. The lowest BCUT2D eigenvalue weighted by atomic mass is 10.0. The molecule has 0 radical (unpaired) electrons. The average Bonchev–Trinajstić information content (AvgIpc) is 2.32. The van der Waals surface area contributed by atoms with Crippen molar-refractivity contribution >= 4 is 14.0 Å². The Labute approximate surface area is 72.2 Å². The van der Waals surface area contributed by atoms with Crippen molar-refractivity contribution in [2.24, 2.45) is 5.41 Å². The van der Waals surface area contributed by atoms with Gasteiger partial charge in [-0.1, -0.05) is 39.4 Å². The minimum Gasteiger partial charge on any atom is -0.105 e. The second kappa shape index (κ2) is 3.72. The number of hydrogen-bond donors (Lipinski definition) is 0. The van der Waals surface area contributed by atoms with E-state index in [2.05, 4.69) is 26.6 Å². The van der Waals surface area contributed by atoms with E-state index in [1.807, 2.05) is 0 Å². The first-order valence-electron chi connectivity index (χ1n) is 4.62. The molecule has 0 bridgehead atoms. The molecule has 0 unspecified atom stereocenters. The molecule has 0 aliphatic heterocycles. The summed E-state index contributed by atoms with van der Waals surface area (Å²) in [4.78, 5) is 0. The van der Waals surface area contributed by atoms with Crippen molar-refractivity contribution in [3.63, 3.8) is 0 Å². The van der Waals surface area contributed by atoms with E-state index in [9.17, 15) is 0 Å². The Balaban J connectivity index is 2.34. The molecule has 1 fully saturated rings. The van der Waals surface area contributed by atoms with Crippen LogP contribution in [0.4, 0.5) is 0 Å². The average molecular weight is 170 g/mol. The van der Waals surface area contributed by atoms with E-state index in [-0.39, 0.29) is 0 Å². The summed E-state index contributed by atoms with van der Waals surface area (Å²) in [6, 6.07) is 0. The molecular weight excluding hydrogens is 151 g/mol. The van der Waals surface area contributed by atoms with Gasteiger partial charge in [0.05, 0.1) is 0 Å². The molecule has 11 heavy (non-hydrogen) atoms. The fraction of sp³-hybridized carbons (Fsp3) is 0.900. The summed E-state index contributed by atoms with van der Waals surface area (Å²) in [5, 5.41) is 0. The highest BCUT2D eigenvalue weighted by Gasteiger charge is 2.13. The fourth-order valence-corrected chi connectivity index (χ4v) is 2.70. The zero-order valence-electron chi connectivity index (χ0n) is 7.93. The second-order valence-corrected chi connectivity index (χ2v) is 5.87. The van der Waals surface area contributed by atoms with Crippen LogP contribution in [-0.4, -0.2) is 11.5 Å². The van der Waals surface area contributed by atoms with E-state index in [1.165, 1.54) is 25.7 Å². The van der Waals surface area contributed by atoms with E-state index in [4.69, 9.17) is 0 Å². The van der Waals surface area contributed by atoms with Gasteiger partial charge in [0, 0.05) is 5.66 Å². The zero-order valence-corrected chi connectivity index (χ0v) is 8.82. The minimum atomic E-state index is 0.421. The lowest BCUT2D eigenvalue weighted by molar-refractivity contribution is 0.614. The third-order valence-corrected chi connectivity index (χ3v) is 3.86. The Morgan fingerprint density at radius 2 is 1.73 bits per heavy atom. The first kappa shape index (κ1) is 9.26. The Morgan fingerprint density at radius 3 is 2.18 bits per heavy atom. The lowest BCUT2D eigenvalue weighted by Gasteiger charge is -2.12. The molecule has 1 aliphatic carbocycles. The number of rotatable bonds is 1. The van der Waals surface area contributed by atoms with Gasteiger partial charge < -0.3 is 0 Å². The van der Waals surface area contributed by atoms with Crippen molar-refractivity contribution in [2.75, 3.05) is 0 Å². The summed E-state index contributed by atoms with van der Waals surface area (Å²) in [7, 11) is 1.59. The third kappa shape index (κ3) is 3.91. The van der Waals surface area contributed by atoms with Crippen molar-refractivity contribution in [3.8, 4) is 0 Å². The minimum absolute atomic E-state index is 0.421. The number of hydrogen-bond acceptors (Lipinski definition) is 0. The molecule has 0 N–H and O–H groups in total. The topological polar surface area (TPSA) is 0 Å². The summed E-state index contributed by atoms with van der Waals surface area (Å²) >= 11 is 0. The highest BCUT2D eigenvalue weighted by Crippen LogP contribution is 2.30. The summed E-state index contributed by atoms with van der Waals surface area (Å²) in [6.07, 6.45) is 5.87. The molecule has 0 heterocycles. The van der Waals surface area contributed by atoms with E-state index in [0.717, 1.165) is 5.66 Å². The van der Waals surface area contributed by atoms with Crippen LogP contribution in [0.5, 0.6) is 0 Å². The van der Waals surface area contributed by atoms with Crippen LogP contribution < -0.4 is 0 Å². The molecule has 1 heteroatoms. The van der Waals surface area contributed by atoms with Crippen LogP contribution in [0.15, 0.2) is 0 Å². The molecule has 0 aromatic rings. The molecule has 1 saturated carbocycles. The molecule has 0 saturated heterocycles. The molecule has 1 aliphatic rings. The van der Waals surface area contributed by atoms with Crippen LogP contribution in [0.2, 0.25) is 0 Å². The van der Waals surface area contributed by atoms with Gasteiger partial charge in [0.15, 0.2) is 0 Å². The monoisotopic (exact) mass is 170 g/mol. The molecule has 0 aromatic carbocycles. The van der Waals surface area contributed by atoms with Gasteiger partial charge in [0.2, 0.25) is 0 Å². The third-order valence-electron chi connectivity index (χ3n) is 2.00. The van der Waals surface area contributed by atoms with Crippen molar-refractivity contribution in [1.29, 1.82) is 0 Å². The smallest absolute Gasteiger partial charge is 0.000593 e. The molecule has 0 nitrogen and oxygen atoms in total. The second-order valence-electron chi connectivity index (χ2n) is 4.58. The highest BCUT2D eigenvalue weighted by molar-refractivity contribution is 7.39. The molecule has 0 spiro atoms. The van der Waals surface area contributed by atoms with Gasteiger partial charge in [-0.25, -0.2) is 0 Å². The van der Waals surface area contributed by atoms with E-state index in [1.54, 1.807) is 8.20 Å². The van der Waals surface area contributed by atoms with Crippen molar-refractivity contribution in [1.82, 2.24) is 0 Å². The maximum Gasteiger partial charge on any atom is 0.000593 e. The Bertz CT molecular complexity index is 135. The van der Waals surface area contributed by atoms with Gasteiger partial charge >= 0.3 is 0 Å². The summed E-state index contributed by atoms with van der Waals surface area (Å²) in [6.45, 7) is 6.86. The predicted molar refractivity (Wildman–Crippen MR) is 54.7 cm³/mol. The SMILES string of the molecule is CC(C)(C)C=PC1CCCC1. The first-order valence-corrected chi connectivity index (χ1v) is 5.65. The van der Waals surface area contributed by atoms with E-state index >= 15 is 0 Å². The van der Waals surface area contributed by atoms with Crippen LogP contribution >= 0.6 is 8.20 Å². The quantitative estimate of drug-likeness (QED) is 0.526. The van der Waals surface area contributed by atoms with Gasteiger partial charge in [-0.2, -0.15) is 0 Å². The highest BCUT2D eigenvalue weighted by atomic mass is 31.1. The van der Waals surface area contributed by atoms with E-state index in [0.29, 0.717) is 5.41 Å². The first-order chi connectivity index (χ1) is 5.08. The predicted octanol–water partition coefficient (Wildman–Crippen LogP) is 3.72. The Hall–Kier alpha value is 0.170. The Kier molecular flexibility index (Phi) is 3.13. The largest absolute Gasteiger partial charge is 0.105 e. The molecule has 0 atom stereocenters. The van der Waals surface area contributed by atoms with Crippen molar-refractivity contribution < 1.29 is 0 Å². The molecule has 64 valence electrons. The zero-order chi connectivity index (χ0) is 8.32. The van der Waals surface area contributed by atoms with Gasteiger partial charge in [-0.15, -0.1) is 8.20 Å². The van der Waals surface area contributed by atoms with Gasteiger partial charge in [0.25, 0.3) is 0 Å². The molecule has 0 aromatic heterocycles. The maximum atomic E-state index is 2.46. The van der Waals surface area contributed by atoms with Gasteiger partial charge in [-0.05, 0) is 18.3 Å². The summed E-state index contributed by atoms with van der Waals surface area (Å²) in [5.41, 5.74) is 1.42. The van der Waals surface area contributed by atoms with Crippen LogP contribution in [0, 0.1) is 5.41 Å². The summed E-state index contributed by atoms with van der Waals surface area (Å²) in [5.74, 6) is 2.46. The van der Waals surface area contributed by atoms with Gasteiger partial charge in [-0.3, -0.25) is 0 Å². The van der Waals surface area contributed by atoms with Crippen molar-refractivity contribution in [2.45, 2.75) is 52.1 Å². The summed E-state index contributed by atoms with van der Waals surface area (Å²) < 4.78 is 0. The van der Waals surface area contributed by atoms with Crippen LogP contribution in [0.25, 0.3) is 0 Å². The molecular formula is C10H19P. The van der Waals surface area contributed by atoms with Crippen LogP contribution in [-0.2, 0) is 0 Å². The molecule has 1 rings (SSSR count). The lowest BCUT2D eigenvalue weighted by Crippen LogP contribution is -2.05. The van der Waals surface area contributed by atoms with Gasteiger partial charge in [0.1, 0.15) is 0 Å². The Morgan fingerprint density at radius 1 is 1.18 bits per heavy atom. The van der Waals surface area contributed by atoms with E-state index < -0.39 is 0 Å².